The van der Waals surface area contributed by atoms with Crippen molar-refractivity contribution < 1.29 is 14.3 Å². The summed E-state index contributed by atoms with van der Waals surface area (Å²) in [6, 6.07) is 21.2. The third-order valence-electron chi connectivity index (χ3n) is 5.45. The van der Waals surface area contributed by atoms with Crippen LogP contribution in [0.15, 0.2) is 78.5 Å². The fraction of sp³-hybridized carbons (Fsp3) is 0.192. The molecule has 0 saturated carbocycles. The van der Waals surface area contributed by atoms with Crippen LogP contribution in [0.5, 0.6) is 11.5 Å². The molecule has 1 atom stereocenters. The van der Waals surface area contributed by atoms with Crippen molar-refractivity contribution in [1.82, 2.24) is 0 Å². The molecule has 158 valence electrons. The molecule has 1 aliphatic heterocycles. The number of aryl methyl sites for hydroxylation is 2. The summed E-state index contributed by atoms with van der Waals surface area (Å²) >= 11 is 0. The van der Waals surface area contributed by atoms with Crippen LogP contribution in [0, 0.1) is 13.8 Å². The van der Waals surface area contributed by atoms with Crippen molar-refractivity contribution in [2.45, 2.75) is 19.9 Å². The molecule has 0 spiro atoms. The number of carbonyl (C=O) groups excluding carboxylic acids is 1. The first-order valence-corrected chi connectivity index (χ1v) is 10.2. The fourth-order valence-corrected chi connectivity index (χ4v) is 3.73. The van der Waals surface area contributed by atoms with Crippen LogP contribution in [0.2, 0.25) is 0 Å². The molecule has 1 amide bonds. The number of nitrogens with one attached hydrogen (secondary N) is 1. The molecular weight excluding hydrogens is 388 g/mol. The average molecular weight is 415 g/mol. The van der Waals surface area contributed by atoms with Crippen molar-refractivity contribution in [2.24, 2.45) is 0 Å². The molecule has 0 aromatic heterocycles. The molecule has 4 rings (SSSR count). The zero-order chi connectivity index (χ0) is 22.0. The molecule has 0 radical (unpaired) electrons. The Morgan fingerprint density at radius 3 is 2.10 bits per heavy atom. The summed E-state index contributed by atoms with van der Waals surface area (Å²) in [6.07, 6.45) is 1.94. The van der Waals surface area contributed by atoms with E-state index in [2.05, 4.69) is 5.32 Å². The Morgan fingerprint density at radius 1 is 0.839 bits per heavy atom. The van der Waals surface area contributed by atoms with Gasteiger partial charge < -0.3 is 14.8 Å². The monoisotopic (exact) mass is 414 g/mol. The minimum Gasteiger partial charge on any atom is -0.497 e. The summed E-state index contributed by atoms with van der Waals surface area (Å²) in [5.74, 6) is 1.31. The highest BCUT2D eigenvalue weighted by molar-refractivity contribution is 6.11. The fourth-order valence-electron chi connectivity index (χ4n) is 3.73. The number of hydrogen-bond acceptors (Lipinski definition) is 4. The minimum atomic E-state index is -0.340. The zero-order valence-corrected chi connectivity index (χ0v) is 18.2. The number of benzene rings is 3. The van der Waals surface area contributed by atoms with E-state index in [4.69, 9.17) is 9.47 Å². The molecule has 0 aliphatic carbocycles. The number of nitrogens with zero attached hydrogens (tertiary/aromatic N) is 1. The van der Waals surface area contributed by atoms with Gasteiger partial charge in [-0.15, -0.1) is 0 Å². The summed E-state index contributed by atoms with van der Waals surface area (Å²) in [6.45, 7) is 4.06. The number of methoxy groups -OCH3 is 2. The van der Waals surface area contributed by atoms with Gasteiger partial charge in [0.1, 0.15) is 17.2 Å². The van der Waals surface area contributed by atoms with Crippen molar-refractivity contribution in [3.63, 3.8) is 0 Å². The van der Waals surface area contributed by atoms with Crippen LogP contribution < -0.4 is 19.7 Å². The first-order chi connectivity index (χ1) is 15.0. The topological polar surface area (TPSA) is 50.8 Å². The van der Waals surface area contributed by atoms with E-state index in [1.54, 1.807) is 19.1 Å². The van der Waals surface area contributed by atoms with Crippen molar-refractivity contribution in [2.75, 3.05) is 24.4 Å². The van der Waals surface area contributed by atoms with Gasteiger partial charge in [-0.05, 0) is 62.4 Å². The maximum atomic E-state index is 13.5. The number of carbonyl (C=O) groups is 1. The number of rotatable bonds is 6. The smallest absolute Gasteiger partial charge is 0.275 e. The molecular formula is C26H26N2O3. The molecule has 3 aromatic rings. The van der Waals surface area contributed by atoms with Gasteiger partial charge in [-0.25, -0.2) is 0 Å². The third-order valence-corrected chi connectivity index (χ3v) is 5.45. The normalized spacial score (nSPS) is 15.6. The largest absolute Gasteiger partial charge is 0.497 e. The molecule has 1 heterocycles. The standard InChI is InChI=1S/C26H26N2O3/c1-17-5-9-19(10-6-17)27-23-16-24(22-15-21(30-3)13-14-25(22)31-4)28(26(23)29)20-11-7-18(2)8-12-20/h5-16,24,27H,1-4H3/t24-/m0/s1. The van der Waals surface area contributed by atoms with E-state index >= 15 is 0 Å². The Labute approximate surface area is 182 Å². The van der Waals surface area contributed by atoms with Crippen LogP contribution in [-0.2, 0) is 4.79 Å². The minimum absolute atomic E-state index is 0.0979. The van der Waals surface area contributed by atoms with Crippen molar-refractivity contribution >= 4 is 17.3 Å². The summed E-state index contributed by atoms with van der Waals surface area (Å²) in [5, 5.41) is 3.29. The van der Waals surface area contributed by atoms with Gasteiger partial charge in [0.05, 0.1) is 20.3 Å². The van der Waals surface area contributed by atoms with E-state index in [0.717, 1.165) is 28.1 Å². The lowest BCUT2D eigenvalue weighted by Crippen LogP contribution is -2.31. The quantitative estimate of drug-likeness (QED) is 0.586. The molecule has 5 nitrogen and oxygen atoms in total. The van der Waals surface area contributed by atoms with Gasteiger partial charge in [-0.2, -0.15) is 0 Å². The third kappa shape index (κ3) is 4.12. The summed E-state index contributed by atoms with van der Waals surface area (Å²) in [4.78, 5) is 15.3. The predicted molar refractivity (Wildman–Crippen MR) is 124 cm³/mol. The zero-order valence-electron chi connectivity index (χ0n) is 18.2. The van der Waals surface area contributed by atoms with Crippen LogP contribution in [0.3, 0.4) is 0 Å². The van der Waals surface area contributed by atoms with Gasteiger partial charge >= 0.3 is 0 Å². The number of hydrogen-bond donors (Lipinski definition) is 1. The second-order valence-electron chi connectivity index (χ2n) is 7.63. The van der Waals surface area contributed by atoms with Gasteiger partial charge in [-0.3, -0.25) is 9.69 Å². The van der Waals surface area contributed by atoms with Crippen molar-refractivity contribution in [3.05, 3.63) is 95.2 Å². The van der Waals surface area contributed by atoms with E-state index in [9.17, 15) is 4.79 Å². The van der Waals surface area contributed by atoms with E-state index in [1.807, 2.05) is 86.7 Å². The summed E-state index contributed by atoms with van der Waals surface area (Å²) in [7, 11) is 3.26. The Bertz CT molecular complexity index is 1120. The molecule has 3 aromatic carbocycles. The number of anilines is 2. The lowest BCUT2D eigenvalue weighted by atomic mass is 10.0. The summed E-state index contributed by atoms with van der Waals surface area (Å²) < 4.78 is 11.1. The van der Waals surface area contributed by atoms with Crippen LogP contribution in [0.25, 0.3) is 0 Å². The molecule has 0 bridgehead atoms. The van der Waals surface area contributed by atoms with Gasteiger partial charge in [0, 0.05) is 16.9 Å². The molecule has 0 fully saturated rings. The highest BCUT2D eigenvalue weighted by Crippen LogP contribution is 2.41. The second kappa shape index (κ2) is 8.56. The van der Waals surface area contributed by atoms with E-state index in [-0.39, 0.29) is 11.9 Å². The van der Waals surface area contributed by atoms with Crippen molar-refractivity contribution in [1.29, 1.82) is 0 Å². The Kier molecular flexibility index (Phi) is 5.67. The average Bonchev–Trinajstić information content (AvgIpc) is 3.11. The highest BCUT2D eigenvalue weighted by atomic mass is 16.5. The molecule has 5 heteroatoms. The Morgan fingerprint density at radius 2 is 1.48 bits per heavy atom. The summed E-state index contributed by atoms with van der Waals surface area (Å²) in [5.41, 5.74) is 5.37. The van der Waals surface area contributed by atoms with E-state index < -0.39 is 0 Å². The lowest BCUT2D eigenvalue weighted by molar-refractivity contribution is -0.114. The number of amides is 1. The Hall–Kier alpha value is -3.73. The highest BCUT2D eigenvalue weighted by Gasteiger charge is 2.36. The second-order valence-corrected chi connectivity index (χ2v) is 7.63. The molecule has 1 N–H and O–H groups in total. The lowest BCUT2D eigenvalue weighted by Gasteiger charge is -2.27. The van der Waals surface area contributed by atoms with Crippen LogP contribution in [-0.4, -0.2) is 20.1 Å². The van der Waals surface area contributed by atoms with Crippen LogP contribution in [0.1, 0.15) is 22.7 Å². The van der Waals surface area contributed by atoms with Crippen LogP contribution >= 0.6 is 0 Å². The van der Waals surface area contributed by atoms with Crippen LogP contribution in [0.4, 0.5) is 11.4 Å². The SMILES string of the molecule is COc1ccc(OC)c([C@@H]2C=C(Nc3ccc(C)cc3)C(=O)N2c2ccc(C)cc2)c1. The number of ether oxygens (including phenoxy) is 2. The first-order valence-electron chi connectivity index (χ1n) is 10.2. The van der Waals surface area contributed by atoms with Gasteiger partial charge in [0.15, 0.2) is 0 Å². The van der Waals surface area contributed by atoms with Gasteiger partial charge in [0.25, 0.3) is 5.91 Å². The first kappa shape index (κ1) is 20.5. The van der Waals surface area contributed by atoms with E-state index in [0.29, 0.717) is 17.2 Å². The van der Waals surface area contributed by atoms with Crippen molar-refractivity contribution in [3.8, 4) is 11.5 Å². The predicted octanol–water partition coefficient (Wildman–Crippen LogP) is 5.40. The van der Waals surface area contributed by atoms with Gasteiger partial charge in [0.2, 0.25) is 0 Å². The molecule has 31 heavy (non-hydrogen) atoms. The maximum Gasteiger partial charge on any atom is 0.275 e. The molecule has 0 unspecified atom stereocenters. The Balaban J connectivity index is 1.79. The van der Waals surface area contributed by atoms with E-state index in [1.165, 1.54) is 0 Å². The van der Waals surface area contributed by atoms with Gasteiger partial charge in [-0.1, -0.05) is 35.4 Å². The maximum absolute atomic E-state index is 13.5. The molecule has 1 aliphatic rings. The molecule has 0 saturated heterocycles.